The summed E-state index contributed by atoms with van der Waals surface area (Å²) < 4.78 is 1.97. The number of aromatic nitrogens is 1. The Labute approximate surface area is 153 Å². The van der Waals surface area contributed by atoms with Gasteiger partial charge in [-0.1, -0.05) is 60.7 Å². The van der Waals surface area contributed by atoms with Crippen LogP contribution < -0.4 is 5.73 Å². The van der Waals surface area contributed by atoms with E-state index in [2.05, 4.69) is 24.3 Å². The Balaban J connectivity index is 1.57. The van der Waals surface area contributed by atoms with Crippen LogP contribution in [-0.2, 0) is 7.05 Å². The molecule has 2 N–H and O–H groups in total. The van der Waals surface area contributed by atoms with E-state index in [0.29, 0.717) is 18.8 Å². The third-order valence-electron chi connectivity index (χ3n) is 5.29. The normalized spacial score (nSPS) is 19.7. The molecule has 0 bridgehead atoms. The summed E-state index contributed by atoms with van der Waals surface area (Å²) in [7, 11) is 1.94. The molecule has 4 heteroatoms. The highest BCUT2D eigenvalue weighted by atomic mass is 16.2. The van der Waals surface area contributed by atoms with Crippen molar-refractivity contribution < 1.29 is 4.79 Å². The first kappa shape index (κ1) is 16.6. The molecular formula is C22H23N3O. The van der Waals surface area contributed by atoms with E-state index >= 15 is 0 Å². The number of amides is 1. The Bertz CT molecular complexity index is 902. The van der Waals surface area contributed by atoms with Crippen LogP contribution in [0.1, 0.15) is 22.0 Å². The Morgan fingerprint density at radius 2 is 1.58 bits per heavy atom. The van der Waals surface area contributed by atoms with Gasteiger partial charge in [-0.15, -0.1) is 0 Å². The maximum atomic E-state index is 13.1. The van der Waals surface area contributed by atoms with Crippen LogP contribution in [0.5, 0.6) is 0 Å². The number of rotatable bonds is 3. The van der Waals surface area contributed by atoms with Crippen LogP contribution in [-0.4, -0.2) is 34.5 Å². The lowest BCUT2D eigenvalue weighted by Gasteiger charge is -2.17. The fourth-order valence-corrected chi connectivity index (χ4v) is 3.83. The number of nitrogens with two attached hydrogens (primary N) is 1. The first-order valence-electron chi connectivity index (χ1n) is 8.96. The van der Waals surface area contributed by atoms with Crippen molar-refractivity contribution in [1.82, 2.24) is 9.47 Å². The SMILES string of the molecule is Cn1c(C(=O)N2CC(N)C(c3ccccc3)C2)ccc1-c1ccccc1. The number of carbonyl (C=O) groups is 1. The molecule has 1 amide bonds. The van der Waals surface area contributed by atoms with Crippen molar-refractivity contribution in [2.75, 3.05) is 13.1 Å². The predicted octanol–water partition coefficient (Wildman–Crippen LogP) is 3.26. The maximum Gasteiger partial charge on any atom is 0.270 e. The molecule has 0 spiro atoms. The smallest absolute Gasteiger partial charge is 0.270 e. The van der Waals surface area contributed by atoms with Crippen LogP contribution in [0.4, 0.5) is 0 Å². The average Bonchev–Trinajstić information content (AvgIpc) is 3.25. The molecule has 0 radical (unpaired) electrons. The molecule has 4 rings (SSSR count). The largest absolute Gasteiger partial charge is 0.340 e. The molecule has 3 aromatic rings. The zero-order valence-corrected chi connectivity index (χ0v) is 14.9. The van der Waals surface area contributed by atoms with E-state index < -0.39 is 0 Å². The summed E-state index contributed by atoms with van der Waals surface area (Å²) in [6.07, 6.45) is 0. The number of carbonyl (C=O) groups excluding carboxylic acids is 1. The van der Waals surface area contributed by atoms with Crippen molar-refractivity contribution in [3.05, 3.63) is 84.1 Å². The molecule has 2 heterocycles. The number of nitrogens with zero attached hydrogens (tertiary/aromatic N) is 2. The van der Waals surface area contributed by atoms with E-state index in [9.17, 15) is 4.79 Å². The van der Waals surface area contributed by atoms with Crippen LogP contribution >= 0.6 is 0 Å². The van der Waals surface area contributed by atoms with Crippen molar-refractivity contribution >= 4 is 5.91 Å². The minimum Gasteiger partial charge on any atom is -0.340 e. The average molecular weight is 345 g/mol. The Hall–Kier alpha value is -2.85. The summed E-state index contributed by atoms with van der Waals surface area (Å²) in [6.45, 7) is 1.25. The molecule has 1 aliphatic rings. The van der Waals surface area contributed by atoms with Gasteiger partial charge in [-0.25, -0.2) is 0 Å². The Morgan fingerprint density at radius 1 is 0.923 bits per heavy atom. The third kappa shape index (κ3) is 2.93. The van der Waals surface area contributed by atoms with E-state index in [1.165, 1.54) is 5.56 Å². The predicted molar refractivity (Wildman–Crippen MR) is 104 cm³/mol. The number of hydrogen-bond donors (Lipinski definition) is 1. The first-order chi connectivity index (χ1) is 12.6. The summed E-state index contributed by atoms with van der Waals surface area (Å²) in [6, 6.07) is 24.2. The topological polar surface area (TPSA) is 51.3 Å². The van der Waals surface area contributed by atoms with Gasteiger partial charge < -0.3 is 15.2 Å². The summed E-state index contributed by atoms with van der Waals surface area (Å²) >= 11 is 0. The van der Waals surface area contributed by atoms with E-state index in [0.717, 1.165) is 11.3 Å². The maximum absolute atomic E-state index is 13.1. The van der Waals surface area contributed by atoms with Crippen LogP contribution in [0, 0.1) is 0 Å². The molecule has 2 atom stereocenters. The first-order valence-corrected chi connectivity index (χ1v) is 8.96. The second-order valence-corrected chi connectivity index (χ2v) is 6.92. The van der Waals surface area contributed by atoms with Gasteiger partial charge in [-0.3, -0.25) is 4.79 Å². The van der Waals surface area contributed by atoms with Crippen molar-refractivity contribution in [2.24, 2.45) is 12.8 Å². The van der Waals surface area contributed by atoms with Gasteiger partial charge in [-0.05, 0) is 23.3 Å². The summed E-state index contributed by atoms with van der Waals surface area (Å²) in [5.41, 5.74) is 10.4. The van der Waals surface area contributed by atoms with Crippen LogP contribution in [0.3, 0.4) is 0 Å². The van der Waals surface area contributed by atoms with E-state index in [1.54, 1.807) is 0 Å². The number of benzene rings is 2. The number of hydrogen-bond acceptors (Lipinski definition) is 2. The van der Waals surface area contributed by atoms with E-state index in [4.69, 9.17) is 5.73 Å². The molecule has 1 aliphatic heterocycles. The fraction of sp³-hybridized carbons (Fsp3) is 0.227. The Morgan fingerprint density at radius 3 is 2.27 bits per heavy atom. The van der Waals surface area contributed by atoms with Crippen LogP contribution in [0.25, 0.3) is 11.3 Å². The molecule has 2 unspecified atom stereocenters. The highest BCUT2D eigenvalue weighted by Crippen LogP contribution is 2.28. The van der Waals surface area contributed by atoms with E-state index in [-0.39, 0.29) is 17.9 Å². The lowest BCUT2D eigenvalue weighted by atomic mass is 9.95. The molecule has 1 fully saturated rings. The molecular weight excluding hydrogens is 322 g/mol. The van der Waals surface area contributed by atoms with Gasteiger partial charge in [0.25, 0.3) is 5.91 Å². The molecule has 26 heavy (non-hydrogen) atoms. The van der Waals surface area contributed by atoms with Crippen LogP contribution in [0.2, 0.25) is 0 Å². The molecule has 1 aromatic heterocycles. The zero-order valence-electron chi connectivity index (χ0n) is 14.9. The molecule has 1 saturated heterocycles. The minimum absolute atomic E-state index is 0.0322. The van der Waals surface area contributed by atoms with Crippen molar-refractivity contribution in [3.63, 3.8) is 0 Å². The monoisotopic (exact) mass is 345 g/mol. The summed E-state index contributed by atoms with van der Waals surface area (Å²) in [5.74, 6) is 0.234. The standard InChI is InChI=1S/C22H23N3O/c1-24-20(17-10-6-3-7-11-17)12-13-21(24)22(26)25-14-18(19(23)15-25)16-8-4-2-5-9-16/h2-13,18-19H,14-15,23H2,1H3. The number of likely N-dealkylation sites (tertiary alicyclic amines) is 1. The van der Waals surface area contributed by atoms with Gasteiger partial charge in [0.1, 0.15) is 5.69 Å². The van der Waals surface area contributed by atoms with Crippen molar-refractivity contribution in [3.8, 4) is 11.3 Å². The molecule has 4 nitrogen and oxygen atoms in total. The van der Waals surface area contributed by atoms with Gasteiger partial charge >= 0.3 is 0 Å². The van der Waals surface area contributed by atoms with E-state index in [1.807, 2.05) is 65.0 Å². The zero-order chi connectivity index (χ0) is 18.1. The lowest BCUT2D eigenvalue weighted by molar-refractivity contribution is 0.0780. The van der Waals surface area contributed by atoms with Crippen molar-refractivity contribution in [1.29, 1.82) is 0 Å². The molecule has 0 saturated carbocycles. The molecule has 0 aliphatic carbocycles. The molecule has 2 aromatic carbocycles. The minimum atomic E-state index is -0.0322. The second kappa shape index (κ2) is 6.81. The lowest BCUT2D eigenvalue weighted by Crippen LogP contribution is -2.33. The molecule has 132 valence electrons. The summed E-state index contributed by atoms with van der Waals surface area (Å²) in [4.78, 5) is 15.0. The quantitative estimate of drug-likeness (QED) is 0.792. The fourth-order valence-electron chi connectivity index (χ4n) is 3.83. The second-order valence-electron chi connectivity index (χ2n) is 6.92. The summed E-state index contributed by atoms with van der Waals surface area (Å²) in [5, 5.41) is 0. The third-order valence-corrected chi connectivity index (χ3v) is 5.29. The highest BCUT2D eigenvalue weighted by molar-refractivity contribution is 5.94. The Kier molecular flexibility index (Phi) is 4.35. The van der Waals surface area contributed by atoms with Gasteiger partial charge in [0.15, 0.2) is 0 Å². The van der Waals surface area contributed by atoms with Gasteiger partial charge in [0.2, 0.25) is 0 Å². The van der Waals surface area contributed by atoms with Gasteiger partial charge in [-0.2, -0.15) is 0 Å². The highest BCUT2D eigenvalue weighted by Gasteiger charge is 2.35. The van der Waals surface area contributed by atoms with Gasteiger partial charge in [0.05, 0.1) is 0 Å². The van der Waals surface area contributed by atoms with Crippen LogP contribution in [0.15, 0.2) is 72.8 Å². The van der Waals surface area contributed by atoms with Crippen molar-refractivity contribution in [2.45, 2.75) is 12.0 Å². The van der Waals surface area contributed by atoms with Gasteiger partial charge in [0, 0.05) is 37.8 Å².